The van der Waals surface area contributed by atoms with Crippen LogP contribution in [-0.4, -0.2) is 25.4 Å². The van der Waals surface area contributed by atoms with Gasteiger partial charge in [-0.15, -0.1) is 0 Å². The van der Waals surface area contributed by atoms with Crippen molar-refractivity contribution in [2.75, 3.05) is 20.3 Å². The third-order valence-electron chi connectivity index (χ3n) is 4.06. The molecule has 0 aliphatic rings. The number of benzene rings is 2. The van der Waals surface area contributed by atoms with Crippen molar-refractivity contribution < 1.29 is 14.6 Å². The Morgan fingerprint density at radius 1 is 0.926 bits per heavy atom. The Labute approximate surface area is 175 Å². The zero-order valence-electron chi connectivity index (χ0n) is 15.2. The van der Waals surface area contributed by atoms with Crippen LogP contribution in [0.1, 0.15) is 30.4 Å². The fraction of sp³-hybridized carbons (Fsp3) is 0.400. The SMILES string of the molecule is COc1cc(CNCCCCCO)c(Cl)cc1OCc1ccc(Cl)cc1Cl. The van der Waals surface area contributed by atoms with Gasteiger partial charge in [0.15, 0.2) is 11.5 Å². The monoisotopic (exact) mass is 431 g/mol. The molecule has 0 atom stereocenters. The zero-order valence-corrected chi connectivity index (χ0v) is 17.5. The van der Waals surface area contributed by atoms with Crippen LogP contribution in [-0.2, 0) is 13.2 Å². The highest BCUT2D eigenvalue weighted by molar-refractivity contribution is 6.35. The fourth-order valence-corrected chi connectivity index (χ4v) is 3.22. The van der Waals surface area contributed by atoms with Gasteiger partial charge >= 0.3 is 0 Å². The van der Waals surface area contributed by atoms with E-state index >= 15 is 0 Å². The van der Waals surface area contributed by atoms with E-state index in [1.54, 1.807) is 25.3 Å². The summed E-state index contributed by atoms with van der Waals surface area (Å²) in [7, 11) is 1.59. The van der Waals surface area contributed by atoms with Gasteiger partial charge in [-0.05, 0) is 49.6 Å². The number of aliphatic hydroxyl groups is 1. The molecule has 148 valence electrons. The van der Waals surface area contributed by atoms with Gasteiger partial charge in [-0.3, -0.25) is 0 Å². The Kier molecular flexibility index (Phi) is 9.52. The predicted octanol–water partition coefficient (Wildman–Crippen LogP) is 5.49. The predicted molar refractivity (Wildman–Crippen MR) is 111 cm³/mol. The quantitative estimate of drug-likeness (QED) is 0.461. The van der Waals surface area contributed by atoms with Gasteiger partial charge in [-0.25, -0.2) is 0 Å². The van der Waals surface area contributed by atoms with Crippen molar-refractivity contribution in [2.24, 2.45) is 0 Å². The van der Waals surface area contributed by atoms with Crippen LogP contribution in [0.3, 0.4) is 0 Å². The molecule has 0 amide bonds. The normalized spacial score (nSPS) is 10.9. The van der Waals surface area contributed by atoms with Crippen molar-refractivity contribution >= 4 is 34.8 Å². The minimum atomic E-state index is 0.242. The molecule has 0 fully saturated rings. The van der Waals surface area contributed by atoms with Crippen LogP contribution in [0.2, 0.25) is 15.1 Å². The van der Waals surface area contributed by atoms with Crippen molar-refractivity contribution in [1.29, 1.82) is 0 Å². The summed E-state index contributed by atoms with van der Waals surface area (Å²) >= 11 is 18.5. The van der Waals surface area contributed by atoms with E-state index in [2.05, 4.69) is 5.32 Å². The van der Waals surface area contributed by atoms with Crippen LogP contribution < -0.4 is 14.8 Å². The standard InChI is InChI=1S/C20H24Cl3NO3/c1-26-19-9-15(12-24-7-3-2-4-8-25)18(23)11-20(19)27-13-14-5-6-16(21)10-17(14)22/h5-6,9-11,24-25H,2-4,7-8,12-13H2,1H3. The second-order valence-corrected chi connectivity index (χ2v) is 7.33. The first-order valence-electron chi connectivity index (χ1n) is 8.80. The molecule has 7 heteroatoms. The van der Waals surface area contributed by atoms with E-state index in [9.17, 15) is 0 Å². The number of unbranched alkanes of at least 4 members (excludes halogenated alkanes) is 2. The summed E-state index contributed by atoms with van der Waals surface area (Å²) in [6.45, 7) is 2.03. The van der Waals surface area contributed by atoms with Gasteiger partial charge in [0.1, 0.15) is 6.61 Å². The van der Waals surface area contributed by atoms with Crippen LogP contribution in [0.5, 0.6) is 11.5 Å². The summed E-state index contributed by atoms with van der Waals surface area (Å²) in [6, 6.07) is 8.91. The van der Waals surface area contributed by atoms with Crippen molar-refractivity contribution in [3.8, 4) is 11.5 Å². The minimum absolute atomic E-state index is 0.242. The summed E-state index contributed by atoms with van der Waals surface area (Å²) in [6.07, 6.45) is 2.85. The molecule has 0 spiro atoms. The molecule has 0 saturated heterocycles. The molecule has 0 bridgehead atoms. The average Bonchev–Trinajstić information content (AvgIpc) is 2.65. The smallest absolute Gasteiger partial charge is 0.163 e. The highest BCUT2D eigenvalue weighted by Gasteiger charge is 2.12. The number of ether oxygens (including phenoxy) is 2. The van der Waals surface area contributed by atoms with Crippen LogP contribution in [0.15, 0.2) is 30.3 Å². The maximum Gasteiger partial charge on any atom is 0.163 e. The first-order chi connectivity index (χ1) is 13.0. The van der Waals surface area contributed by atoms with Gasteiger partial charge in [-0.2, -0.15) is 0 Å². The molecule has 2 rings (SSSR count). The third-order valence-corrected chi connectivity index (χ3v) is 5.00. The average molecular weight is 433 g/mol. The Bertz CT molecular complexity index is 741. The van der Waals surface area contributed by atoms with E-state index in [1.165, 1.54) is 0 Å². The molecule has 0 aliphatic heterocycles. The maximum atomic E-state index is 8.79. The molecule has 2 N–H and O–H groups in total. The van der Waals surface area contributed by atoms with E-state index < -0.39 is 0 Å². The number of aliphatic hydroxyl groups excluding tert-OH is 1. The van der Waals surface area contributed by atoms with Gasteiger partial charge in [0.05, 0.1) is 7.11 Å². The van der Waals surface area contributed by atoms with E-state index in [1.807, 2.05) is 12.1 Å². The van der Waals surface area contributed by atoms with Gasteiger partial charge in [0.25, 0.3) is 0 Å². The van der Waals surface area contributed by atoms with Crippen molar-refractivity contribution in [2.45, 2.75) is 32.4 Å². The largest absolute Gasteiger partial charge is 0.493 e. The van der Waals surface area contributed by atoms with Gasteiger partial charge in [-0.1, -0.05) is 40.9 Å². The molecule has 4 nitrogen and oxygen atoms in total. The lowest BCUT2D eigenvalue weighted by molar-refractivity contribution is 0.282. The Morgan fingerprint density at radius 2 is 1.70 bits per heavy atom. The zero-order chi connectivity index (χ0) is 19.6. The van der Waals surface area contributed by atoms with Crippen molar-refractivity contribution in [3.05, 3.63) is 56.5 Å². The van der Waals surface area contributed by atoms with Crippen LogP contribution in [0, 0.1) is 0 Å². The topological polar surface area (TPSA) is 50.7 Å². The van der Waals surface area contributed by atoms with Crippen LogP contribution in [0.4, 0.5) is 0 Å². The molecular formula is C20H24Cl3NO3. The minimum Gasteiger partial charge on any atom is -0.493 e. The molecule has 27 heavy (non-hydrogen) atoms. The summed E-state index contributed by atoms with van der Waals surface area (Å²) < 4.78 is 11.3. The number of hydrogen-bond acceptors (Lipinski definition) is 4. The molecule has 0 unspecified atom stereocenters. The van der Waals surface area contributed by atoms with E-state index in [0.29, 0.717) is 33.1 Å². The van der Waals surface area contributed by atoms with E-state index in [4.69, 9.17) is 49.4 Å². The molecule has 2 aromatic carbocycles. The summed E-state index contributed by atoms with van der Waals surface area (Å²) in [5.41, 5.74) is 1.76. The lowest BCUT2D eigenvalue weighted by Crippen LogP contribution is -2.15. The molecular weight excluding hydrogens is 409 g/mol. The summed E-state index contributed by atoms with van der Waals surface area (Å²) in [5, 5.41) is 13.9. The van der Waals surface area contributed by atoms with Crippen LogP contribution >= 0.6 is 34.8 Å². The lowest BCUT2D eigenvalue weighted by atomic mass is 10.2. The Morgan fingerprint density at radius 3 is 2.41 bits per heavy atom. The fourth-order valence-electron chi connectivity index (χ4n) is 2.54. The van der Waals surface area contributed by atoms with Crippen molar-refractivity contribution in [3.63, 3.8) is 0 Å². The third kappa shape index (κ3) is 7.05. The van der Waals surface area contributed by atoms with Gasteiger partial charge in [0, 0.05) is 39.8 Å². The molecule has 0 heterocycles. The number of hydrogen-bond donors (Lipinski definition) is 2. The second kappa shape index (κ2) is 11.6. The highest BCUT2D eigenvalue weighted by Crippen LogP contribution is 2.34. The van der Waals surface area contributed by atoms with Gasteiger partial charge < -0.3 is 19.9 Å². The van der Waals surface area contributed by atoms with Crippen molar-refractivity contribution in [1.82, 2.24) is 5.32 Å². The number of rotatable bonds is 11. The number of methoxy groups -OCH3 is 1. The maximum absolute atomic E-state index is 8.79. The molecule has 0 aromatic heterocycles. The summed E-state index contributed by atoms with van der Waals surface area (Å²) in [5.74, 6) is 1.17. The van der Waals surface area contributed by atoms with Gasteiger partial charge in [0.2, 0.25) is 0 Å². The lowest BCUT2D eigenvalue weighted by Gasteiger charge is -2.15. The molecule has 0 radical (unpaired) electrons. The Balaban J connectivity index is 1.98. The first kappa shape index (κ1) is 22.1. The summed E-state index contributed by atoms with van der Waals surface area (Å²) in [4.78, 5) is 0. The molecule has 0 saturated carbocycles. The number of nitrogens with one attached hydrogen (secondary N) is 1. The van der Waals surface area contributed by atoms with E-state index in [0.717, 1.165) is 36.9 Å². The first-order valence-corrected chi connectivity index (χ1v) is 9.93. The highest BCUT2D eigenvalue weighted by atomic mass is 35.5. The van der Waals surface area contributed by atoms with Crippen LogP contribution in [0.25, 0.3) is 0 Å². The van der Waals surface area contributed by atoms with E-state index in [-0.39, 0.29) is 13.2 Å². The molecule has 2 aromatic rings. The second-order valence-electron chi connectivity index (χ2n) is 6.08. The molecule has 0 aliphatic carbocycles. The number of halogens is 3. The Hall–Kier alpha value is -1.17.